The summed E-state index contributed by atoms with van der Waals surface area (Å²) in [6.45, 7) is 4.09. The van der Waals surface area contributed by atoms with Crippen molar-refractivity contribution in [1.29, 1.82) is 0 Å². The Hall–Kier alpha value is -3.03. The van der Waals surface area contributed by atoms with E-state index in [1.54, 1.807) is 12.1 Å². The molecular weight excluding hydrogens is 412 g/mol. The summed E-state index contributed by atoms with van der Waals surface area (Å²) in [5.74, 6) is 0.129. The number of methoxy groups -OCH3 is 3. The van der Waals surface area contributed by atoms with Crippen molar-refractivity contribution in [2.24, 2.45) is 17.8 Å². The van der Waals surface area contributed by atoms with Crippen LogP contribution in [0.2, 0.25) is 0 Å². The highest BCUT2D eigenvalue weighted by Crippen LogP contribution is 2.37. The lowest BCUT2D eigenvalue weighted by atomic mass is 9.85. The second kappa shape index (κ2) is 10.1. The van der Waals surface area contributed by atoms with E-state index in [2.05, 4.69) is 5.32 Å². The molecule has 3 rings (SSSR count). The molecule has 1 heterocycles. The Kier molecular flexibility index (Phi) is 7.43. The number of carbonyl (C=O) groups excluding carboxylic acids is 3. The van der Waals surface area contributed by atoms with E-state index in [4.69, 9.17) is 14.2 Å². The molecule has 1 aromatic rings. The number of amides is 3. The summed E-state index contributed by atoms with van der Waals surface area (Å²) in [6, 6.07) is 2.59. The predicted molar refractivity (Wildman–Crippen MR) is 118 cm³/mol. The van der Waals surface area contributed by atoms with Crippen molar-refractivity contribution in [3.05, 3.63) is 29.8 Å². The van der Waals surface area contributed by atoms with Gasteiger partial charge in [-0.2, -0.15) is 0 Å². The molecule has 1 N–H and O–H groups in total. The smallest absolute Gasteiger partial charge is 0.243 e. The molecule has 1 aliphatic heterocycles. The quantitative estimate of drug-likeness (QED) is 0.465. The number of ether oxygens (including phenoxy) is 3. The molecule has 3 amide bonds. The van der Waals surface area contributed by atoms with E-state index in [1.165, 1.54) is 26.2 Å². The SMILES string of the molecule is COc1cc(OC)c(OC)cc1CNC(=O)C(CC(C)C)N1C(=O)C2CC=CCC2C1=O. The first-order chi connectivity index (χ1) is 15.3. The summed E-state index contributed by atoms with van der Waals surface area (Å²) in [7, 11) is 4.60. The van der Waals surface area contributed by atoms with Crippen LogP contribution in [0.1, 0.15) is 38.7 Å². The minimum atomic E-state index is -0.841. The van der Waals surface area contributed by atoms with Crippen LogP contribution in [0.4, 0.5) is 0 Å². The van der Waals surface area contributed by atoms with Crippen molar-refractivity contribution in [3.63, 3.8) is 0 Å². The third kappa shape index (κ3) is 4.59. The van der Waals surface area contributed by atoms with Crippen molar-refractivity contribution in [1.82, 2.24) is 10.2 Å². The molecule has 1 aromatic carbocycles. The first-order valence-corrected chi connectivity index (χ1v) is 10.9. The van der Waals surface area contributed by atoms with E-state index >= 15 is 0 Å². The maximum absolute atomic E-state index is 13.2. The van der Waals surface area contributed by atoms with Gasteiger partial charge in [0.1, 0.15) is 11.8 Å². The molecule has 1 aliphatic carbocycles. The van der Waals surface area contributed by atoms with Crippen LogP contribution in [0.15, 0.2) is 24.3 Å². The van der Waals surface area contributed by atoms with Gasteiger partial charge in [0.2, 0.25) is 17.7 Å². The number of fused-ring (bicyclic) bond motifs is 1. The van der Waals surface area contributed by atoms with Gasteiger partial charge in [0.15, 0.2) is 11.5 Å². The molecule has 1 fully saturated rings. The Morgan fingerprint density at radius 2 is 1.50 bits per heavy atom. The van der Waals surface area contributed by atoms with Crippen LogP contribution >= 0.6 is 0 Å². The highest BCUT2D eigenvalue weighted by molar-refractivity contribution is 6.08. The van der Waals surface area contributed by atoms with E-state index in [-0.39, 0.29) is 42.0 Å². The van der Waals surface area contributed by atoms with Gasteiger partial charge in [0, 0.05) is 18.2 Å². The molecule has 0 saturated carbocycles. The highest BCUT2D eigenvalue weighted by atomic mass is 16.5. The van der Waals surface area contributed by atoms with E-state index in [0.717, 1.165) is 0 Å². The van der Waals surface area contributed by atoms with Crippen molar-refractivity contribution >= 4 is 17.7 Å². The van der Waals surface area contributed by atoms with Crippen LogP contribution in [0.5, 0.6) is 17.2 Å². The van der Waals surface area contributed by atoms with E-state index in [9.17, 15) is 14.4 Å². The summed E-state index contributed by atoms with van der Waals surface area (Å²) in [4.78, 5) is 40.5. The molecule has 0 radical (unpaired) electrons. The summed E-state index contributed by atoms with van der Waals surface area (Å²) in [5, 5.41) is 2.89. The Balaban J connectivity index is 1.81. The molecule has 1 saturated heterocycles. The summed E-state index contributed by atoms with van der Waals surface area (Å²) in [6.07, 6.45) is 5.38. The predicted octanol–water partition coefficient (Wildman–Crippen LogP) is 2.69. The Morgan fingerprint density at radius 3 is 2.00 bits per heavy atom. The molecular formula is C24H32N2O6. The minimum Gasteiger partial charge on any atom is -0.496 e. The van der Waals surface area contributed by atoms with Crippen LogP contribution in [-0.2, 0) is 20.9 Å². The number of hydrogen-bond donors (Lipinski definition) is 1. The molecule has 3 atom stereocenters. The van der Waals surface area contributed by atoms with Crippen LogP contribution in [0.25, 0.3) is 0 Å². The number of likely N-dealkylation sites (tertiary alicyclic amines) is 1. The van der Waals surface area contributed by atoms with Crippen molar-refractivity contribution in [2.45, 2.75) is 45.7 Å². The molecule has 0 bridgehead atoms. The van der Waals surface area contributed by atoms with Crippen LogP contribution in [-0.4, -0.2) is 50.0 Å². The second-order valence-corrected chi connectivity index (χ2v) is 8.58. The molecule has 0 aromatic heterocycles. The van der Waals surface area contributed by atoms with Crippen LogP contribution in [0, 0.1) is 17.8 Å². The monoisotopic (exact) mass is 444 g/mol. The lowest BCUT2D eigenvalue weighted by Crippen LogP contribution is -2.50. The average Bonchev–Trinajstić information content (AvgIpc) is 3.05. The van der Waals surface area contributed by atoms with Gasteiger partial charge < -0.3 is 19.5 Å². The number of nitrogens with zero attached hydrogens (tertiary/aromatic N) is 1. The summed E-state index contributed by atoms with van der Waals surface area (Å²) >= 11 is 0. The van der Waals surface area contributed by atoms with E-state index < -0.39 is 6.04 Å². The van der Waals surface area contributed by atoms with E-state index in [1.807, 2.05) is 26.0 Å². The number of nitrogens with one attached hydrogen (secondary N) is 1. The maximum Gasteiger partial charge on any atom is 0.243 e. The Labute approximate surface area is 188 Å². The standard InChI is InChI=1S/C24H32N2O6/c1-14(2)10-18(26-23(28)16-8-6-7-9-17(16)24(26)29)22(27)25-13-15-11-20(31-4)21(32-5)12-19(15)30-3/h6-7,11-12,14,16-18H,8-10,13H2,1-5H3,(H,25,27). The van der Waals surface area contributed by atoms with Gasteiger partial charge in [-0.15, -0.1) is 0 Å². The van der Waals surface area contributed by atoms with Gasteiger partial charge in [0.05, 0.1) is 33.2 Å². The zero-order valence-electron chi connectivity index (χ0n) is 19.3. The molecule has 174 valence electrons. The number of benzene rings is 1. The Bertz CT molecular complexity index is 884. The number of carbonyl (C=O) groups is 3. The number of rotatable bonds is 9. The summed E-state index contributed by atoms with van der Waals surface area (Å²) in [5.41, 5.74) is 0.693. The first-order valence-electron chi connectivity index (χ1n) is 10.9. The maximum atomic E-state index is 13.2. The zero-order chi connectivity index (χ0) is 23.4. The molecule has 0 spiro atoms. The fourth-order valence-corrected chi connectivity index (χ4v) is 4.44. The molecule has 2 aliphatic rings. The number of hydrogen-bond acceptors (Lipinski definition) is 6. The van der Waals surface area contributed by atoms with E-state index in [0.29, 0.717) is 42.1 Å². The first kappa shape index (κ1) is 23.6. The summed E-state index contributed by atoms with van der Waals surface area (Å²) < 4.78 is 16.1. The van der Waals surface area contributed by atoms with Gasteiger partial charge in [-0.3, -0.25) is 19.3 Å². The lowest BCUT2D eigenvalue weighted by molar-refractivity contribution is -0.148. The zero-order valence-corrected chi connectivity index (χ0v) is 19.3. The molecule has 8 nitrogen and oxygen atoms in total. The van der Waals surface area contributed by atoms with Gasteiger partial charge in [0.25, 0.3) is 0 Å². The van der Waals surface area contributed by atoms with Crippen molar-refractivity contribution in [2.75, 3.05) is 21.3 Å². The number of allylic oxidation sites excluding steroid dienone is 2. The van der Waals surface area contributed by atoms with Gasteiger partial charge in [-0.05, 0) is 31.2 Å². The molecule has 8 heteroatoms. The van der Waals surface area contributed by atoms with Crippen molar-refractivity contribution in [3.8, 4) is 17.2 Å². The fourth-order valence-electron chi connectivity index (χ4n) is 4.44. The van der Waals surface area contributed by atoms with Crippen molar-refractivity contribution < 1.29 is 28.6 Å². The molecule has 32 heavy (non-hydrogen) atoms. The van der Waals surface area contributed by atoms with Crippen LogP contribution < -0.4 is 19.5 Å². The normalized spacial score (nSPS) is 20.9. The largest absolute Gasteiger partial charge is 0.496 e. The fraction of sp³-hybridized carbons (Fsp3) is 0.542. The Morgan fingerprint density at radius 1 is 0.969 bits per heavy atom. The third-order valence-corrected chi connectivity index (χ3v) is 6.09. The van der Waals surface area contributed by atoms with Gasteiger partial charge >= 0.3 is 0 Å². The average molecular weight is 445 g/mol. The molecule has 3 unspecified atom stereocenters. The lowest BCUT2D eigenvalue weighted by Gasteiger charge is -2.27. The van der Waals surface area contributed by atoms with Gasteiger partial charge in [-0.25, -0.2) is 0 Å². The topological polar surface area (TPSA) is 94.2 Å². The second-order valence-electron chi connectivity index (χ2n) is 8.58. The third-order valence-electron chi connectivity index (χ3n) is 6.09. The van der Waals surface area contributed by atoms with Gasteiger partial charge in [-0.1, -0.05) is 26.0 Å². The van der Waals surface area contributed by atoms with Crippen LogP contribution in [0.3, 0.4) is 0 Å². The number of imide groups is 1. The highest BCUT2D eigenvalue weighted by Gasteiger charge is 2.51. The minimum absolute atomic E-state index is 0.128.